The first kappa shape index (κ1) is 13.6. The summed E-state index contributed by atoms with van der Waals surface area (Å²) in [4.78, 5) is 12.4. The molecule has 3 rings (SSSR count). The first-order valence-corrected chi connectivity index (χ1v) is 7.56. The van der Waals surface area contributed by atoms with Gasteiger partial charge in [0.25, 0.3) is 0 Å². The van der Waals surface area contributed by atoms with Crippen LogP contribution in [0.4, 0.5) is 0 Å². The third kappa shape index (κ3) is 2.05. The molecule has 1 saturated carbocycles. The number of benzene rings is 1. The molecule has 20 heavy (non-hydrogen) atoms. The van der Waals surface area contributed by atoms with E-state index in [-0.39, 0.29) is 11.5 Å². The molecule has 0 aromatic heterocycles. The zero-order chi connectivity index (χ0) is 14.2. The van der Waals surface area contributed by atoms with Gasteiger partial charge in [0.1, 0.15) is 5.54 Å². The molecule has 1 fully saturated rings. The second-order valence-corrected chi connectivity index (χ2v) is 6.42. The number of methoxy groups -OCH3 is 1. The molecule has 0 unspecified atom stereocenters. The van der Waals surface area contributed by atoms with Crippen molar-refractivity contribution in [2.75, 3.05) is 7.11 Å². The van der Waals surface area contributed by atoms with Crippen molar-refractivity contribution in [3.8, 4) is 0 Å². The Kier molecular flexibility index (Phi) is 3.33. The molecule has 0 saturated heterocycles. The number of carbonyl (C=O) groups excluding carboxylic acids is 1. The predicted molar refractivity (Wildman–Crippen MR) is 78.5 cm³/mol. The van der Waals surface area contributed by atoms with Gasteiger partial charge in [-0.05, 0) is 37.3 Å². The summed E-state index contributed by atoms with van der Waals surface area (Å²) in [6.07, 6.45) is 7.11. The molecule has 108 valence electrons. The number of hydrogen-bond donors (Lipinski definition) is 1. The first-order chi connectivity index (χ1) is 9.60. The largest absolute Gasteiger partial charge is 0.467 e. The van der Waals surface area contributed by atoms with Crippen LogP contribution in [-0.4, -0.2) is 18.6 Å². The van der Waals surface area contributed by atoms with E-state index in [2.05, 4.69) is 23.5 Å². The highest BCUT2D eigenvalue weighted by Crippen LogP contribution is 2.41. The Morgan fingerprint density at radius 3 is 2.60 bits per heavy atom. The maximum absolute atomic E-state index is 12.4. The highest BCUT2D eigenvalue weighted by molar-refractivity contribution is 5.83. The Morgan fingerprint density at radius 1 is 1.20 bits per heavy atom. The van der Waals surface area contributed by atoms with Crippen LogP contribution in [0, 0.1) is 0 Å². The summed E-state index contributed by atoms with van der Waals surface area (Å²) in [5.41, 5.74) is 1.71. The Bertz CT molecular complexity index is 519. The highest BCUT2D eigenvalue weighted by atomic mass is 16.5. The lowest BCUT2D eigenvalue weighted by Crippen LogP contribution is -2.63. The van der Waals surface area contributed by atoms with Crippen LogP contribution < -0.4 is 5.32 Å². The molecular formula is C17H23NO2. The number of carbonyl (C=O) groups is 1. The second kappa shape index (κ2) is 4.88. The van der Waals surface area contributed by atoms with Gasteiger partial charge in [0.15, 0.2) is 0 Å². The molecule has 1 atom stereocenters. The maximum Gasteiger partial charge on any atom is 0.330 e. The number of ether oxygens (including phenoxy) is 1. The van der Waals surface area contributed by atoms with Crippen LogP contribution in [-0.2, 0) is 21.5 Å². The van der Waals surface area contributed by atoms with Crippen molar-refractivity contribution in [1.29, 1.82) is 0 Å². The second-order valence-electron chi connectivity index (χ2n) is 6.42. The average molecular weight is 273 g/mol. The summed E-state index contributed by atoms with van der Waals surface area (Å²) < 4.78 is 5.08. The van der Waals surface area contributed by atoms with Gasteiger partial charge < -0.3 is 4.74 Å². The fourth-order valence-corrected chi connectivity index (χ4v) is 4.06. The molecule has 1 spiro atoms. The van der Waals surface area contributed by atoms with Crippen molar-refractivity contribution in [2.45, 2.75) is 56.5 Å². The van der Waals surface area contributed by atoms with E-state index >= 15 is 0 Å². The minimum Gasteiger partial charge on any atom is -0.467 e. The van der Waals surface area contributed by atoms with Crippen molar-refractivity contribution in [3.63, 3.8) is 0 Å². The molecular weight excluding hydrogens is 250 g/mol. The van der Waals surface area contributed by atoms with Gasteiger partial charge in [-0.3, -0.25) is 5.32 Å². The summed E-state index contributed by atoms with van der Waals surface area (Å²) >= 11 is 0. The van der Waals surface area contributed by atoms with Gasteiger partial charge in [0, 0.05) is 5.54 Å². The van der Waals surface area contributed by atoms with E-state index in [1.54, 1.807) is 0 Å². The topological polar surface area (TPSA) is 38.3 Å². The van der Waals surface area contributed by atoms with Crippen LogP contribution in [0.5, 0.6) is 0 Å². The summed E-state index contributed by atoms with van der Waals surface area (Å²) in [5.74, 6) is -0.186. The molecule has 0 amide bonds. The Morgan fingerprint density at radius 2 is 1.90 bits per heavy atom. The molecule has 3 nitrogen and oxygen atoms in total. The molecule has 1 aromatic carbocycles. The summed E-state index contributed by atoms with van der Waals surface area (Å²) in [5, 5.41) is 3.68. The third-order valence-electron chi connectivity index (χ3n) is 5.00. The first-order valence-electron chi connectivity index (χ1n) is 7.56. The van der Waals surface area contributed by atoms with Gasteiger partial charge in [0.2, 0.25) is 0 Å². The molecule has 1 aliphatic carbocycles. The molecule has 1 heterocycles. The fraction of sp³-hybridized carbons (Fsp3) is 0.588. The highest BCUT2D eigenvalue weighted by Gasteiger charge is 2.49. The molecule has 1 aromatic rings. The lowest BCUT2D eigenvalue weighted by Gasteiger charge is -2.49. The Hall–Kier alpha value is -1.35. The number of nitrogens with one attached hydrogen (secondary N) is 1. The van der Waals surface area contributed by atoms with E-state index in [1.165, 1.54) is 31.9 Å². The minimum atomic E-state index is -0.721. The van der Waals surface area contributed by atoms with E-state index in [0.29, 0.717) is 0 Å². The van der Waals surface area contributed by atoms with Crippen molar-refractivity contribution < 1.29 is 9.53 Å². The van der Waals surface area contributed by atoms with Crippen molar-refractivity contribution in [3.05, 3.63) is 35.4 Å². The van der Waals surface area contributed by atoms with E-state index in [1.807, 2.05) is 13.0 Å². The van der Waals surface area contributed by atoms with Gasteiger partial charge in [-0.25, -0.2) is 4.79 Å². The molecule has 1 N–H and O–H groups in total. The standard InChI is InChI=1S/C17H23NO2/c1-16(15(19)20-2)14-9-5-4-8-13(14)12-17(18-16)10-6-3-7-11-17/h4-5,8-9,18H,3,6-7,10-12H2,1-2H3/t16-/m1/s1. The molecule has 2 aliphatic rings. The van der Waals surface area contributed by atoms with Crippen LogP contribution in [0.1, 0.15) is 50.2 Å². The number of esters is 1. The third-order valence-corrected chi connectivity index (χ3v) is 5.00. The van der Waals surface area contributed by atoms with Crippen LogP contribution in [0.15, 0.2) is 24.3 Å². The molecule has 0 radical (unpaired) electrons. The SMILES string of the molecule is COC(=O)[C@]1(C)NC2(CCCCC2)Cc2ccccc21. The number of hydrogen-bond acceptors (Lipinski definition) is 3. The van der Waals surface area contributed by atoms with Gasteiger partial charge in [-0.2, -0.15) is 0 Å². The minimum absolute atomic E-state index is 0.0650. The molecule has 1 aliphatic heterocycles. The zero-order valence-corrected chi connectivity index (χ0v) is 12.4. The fourth-order valence-electron chi connectivity index (χ4n) is 4.06. The van der Waals surface area contributed by atoms with Crippen LogP contribution in [0.3, 0.4) is 0 Å². The summed E-state index contributed by atoms with van der Waals surface area (Å²) in [6, 6.07) is 8.28. The smallest absolute Gasteiger partial charge is 0.330 e. The zero-order valence-electron chi connectivity index (χ0n) is 12.4. The van der Waals surface area contributed by atoms with Crippen molar-refractivity contribution in [2.24, 2.45) is 0 Å². The normalized spacial score (nSPS) is 27.9. The van der Waals surface area contributed by atoms with E-state index in [0.717, 1.165) is 24.8 Å². The lowest BCUT2D eigenvalue weighted by atomic mass is 9.69. The molecule has 0 bridgehead atoms. The Balaban J connectivity index is 2.07. The van der Waals surface area contributed by atoms with Crippen molar-refractivity contribution in [1.82, 2.24) is 5.32 Å². The van der Waals surface area contributed by atoms with Gasteiger partial charge in [-0.1, -0.05) is 43.5 Å². The monoisotopic (exact) mass is 273 g/mol. The van der Waals surface area contributed by atoms with Gasteiger partial charge in [0.05, 0.1) is 7.11 Å². The number of fused-ring (bicyclic) bond motifs is 1. The Labute approximate surface area is 120 Å². The van der Waals surface area contributed by atoms with E-state index < -0.39 is 5.54 Å². The quantitative estimate of drug-likeness (QED) is 0.800. The number of rotatable bonds is 1. The maximum atomic E-state index is 12.4. The van der Waals surface area contributed by atoms with Gasteiger partial charge >= 0.3 is 5.97 Å². The summed E-state index contributed by atoms with van der Waals surface area (Å²) in [6.45, 7) is 1.97. The molecule has 3 heteroatoms. The van der Waals surface area contributed by atoms with Crippen LogP contribution >= 0.6 is 0 Å². The van der Waals surface area contributed by atoms with Crippen molar-refractivity contribution >= 4 is 5.97 Å². The van der Waals surface area contributed by atoms with E-state index in [9.17, 15) is 4.79 Å². The summed E-state index contributed by atoms with van der Waals surface area (Å²) in [7, 11) is 1.47. The predicted octanol–water partition coefficient (Wildman–Crippen LogP) is 2.92. The van der Waals surface area contributed by atoms with Gasteiger partial charge in [-0.15, -0.1) is 0 Å². The average Bonchev–Trinajstić information content (AvgIpc) is 2.47. The van der Waals surface area contributed by atoms with Crippen LogP contribution in [0.25, 0.3) is 0 Å². The van der Waals surface area contributed by atoms with E-state index in [4.69, 9.17) is 4.74 Å². The lowest BCUT2D eigenvalue weighted by molar-refractivity contribution is -0.150. The van der Waals surface area contributed by atoms with Crippen LogP contribution in [0.2, 0.25) is 0 Å².